The summed E-state index contributed by atoms with van der Waals surface area (Å²) in [4.78, 5) is 24.0. The van der Waals surface area contributed by atoms with Gasteiger partial charge in [0, 0.05) is 37.2 Å². The highest BCUT2D eigenvalue weighted by atomic mass is 14.8. The van der Waals surface area contributed by atoms with Crippen molar-refractivity contribution in [1.82, 2.24) is 29.9 Å². The van der Waals surface area contributed by atoms with Crippen molar-refractivity contribution < 1.29 is 0 Å². The van der Waals surface area contributed by atoms with E-state index in [9.17, 15) is 0 Å². The van der Waals surface area contributed by atoms with E-state index in [4.69, 9.17) is 0 Å². The van der Waals surface area contributed by atoms with Gasteiger partial charge in [0.15, 0.2) is 0 Å². The van der Waals surface area contributed by atoms with Crippen molar-refractivity contribution in [3.05, 3.63) is 71.3 Å². The predicted molar refractivity (Wildman–Crippen MR) is 94.5 cm³/mol. The fraction of sp³-hybridized carbons (Fsp3) is 0.333. The van der Waals surface area contributed by atoms with E-state index >= 15 is 0 Å². The summed E-state index contributed by atoms with van der Waals surface area (Å²) in [6, 6.07) is 0. The largest absolute Gasteiger partial charge is 0.258 e. The smallest absolute Gasteiger partial charge is 0.125 e. The van der Waals surface area contributed by atoms with Gasteiger partial charge in [-0.15, -0.1) is 0 Å². The van der Waals surface area contributed by atoms with Gasteiger partial charge in [0.2, 0.25) is 0 Å². The Morgan fingerprint density at radius 1 is 0.417 bits per heavy atom. The van der Waals surface area contributed by atoms with Crippen molar-refractivity contribution in [2.75, 3.05) is 0 Å². The maximum absolute atomic E-state index is 4.02. The highest BCUT2D eigenvalue weighted by Crippen LogP contribution is 1.90. The fourth-order valence-electron chi connectivity index (χ4n) is 1.37. The van der Waals surface area contributed by atoms with E-state index in [1.54, 1.807) is 24.8 Å². The molecule has 6 nitrogen and oxygen atoms in total. The molecule has 0 aliphatic heterocycles. The Hall–Kier alpha value is -2.76. The summed E-state index contributed by atoms with van der Waals surface area (Å²) in [5.41, 5.74) is 4.98. The molecule has 0 saturated carbocycles. The summed E-state index contributed by atoms with van der Waals surface area (Å²) in [6.45, 7) is 11.5. The molecule has 0 saturated heterocycles. The molecule has 3 heterocycles. The number of nitrogens with zero attached hydrogens (tertiary/aromatic N) is 6. The second kappa shape index (κ2) is 10.1. The lowest BCUT2D eigenvalue weighted by atomic mass is 10.4. The summed E-state index contributed by atoms with van der Waals surface area (Å²) in [7, 11) is 0. The van der Waals surface area contributed by atoms with Crippen LogP contribution in [0.4, 0.5) is 0 Å². The Kier molecular flexibility index (Phi) is 8.11. The highest BCUT2D eigenvalue weighted by molar-refractivity contribution is 5.00. The van der Waals surface area contributed by atoms with Gasteiger partial charge in [0.25, 0.3) is 0 Å². The zero-order valence-electron chi connectivity index (χ0n) is 15.1. The van der Waals surface area contributed by atoms with E-state index in [1.807, 2.05) is 53.9 Å². The third kappa shape index (κ3) is 8.63. The van der Waals surface area contributed by atoms with Crippen molar-refractivity contribution in [1.29, 1.82) is 0 Å². The number of aromatic nitrogens is 6. The molecule has 0 amide bonds. The molecule has 3 rings (SSSR count). The molecule has 0 aliphatic rings. The zero-order chi connectivity index (χ0) is 17.9. The van der Waals surface area contributed by atoms with Gasteiger partial charge in [-0.05, 0) is 47.1 Å². The molecular weight excluding hydrogens is 300 g/mol. The molecule has 0 fully saturated rings. The second-order valence-corrected chi connectivity index (χ2v) is 5.41. The lowest BCUT2D eigenvalue weighted by Crippen LogP contribution is -1.84. The topological polar surface area (TPSA) is 77.3 Å². The molecule has 126 valence electrons. The van der Waals surface area contributed by atoms with Crippen molar-refractivity contribution in [2.45, 2.75) is 41.5 Å². The predicted octanol–water partition coefficient (Wildman–Crippen LogP) is 3.28. The Morgan fingerprint density at radius 3 is 0.917 bits per heavy atom. The average Bonchev–Trinajstić information content (AvgIpc) is 2.57. The van der Waals surface area contributed by atoms with Crippen LogP contribution in [0.2, 0.25) is 0 Å². The maximum Gasteiger partial charge on any atom is 0.125 e. The van der Waals surface area contributed by atoms with Gasteiger partial charge in [-0.1, -0.05) is 0 Å². The minimum atomic E-state index is 0.829. The fourth-order valence-corrected chi connectivity index (χ4v) is 1.37. The van der Waals surface area contributed by atoms with Crippen LogP contribution in [0.1, 0.15) is 34.2 Å². The maximum atomic E-state index is 4.02. The Morgan fingerprint density at radius 2 is 0.708 bits per heavy atom. The molecule has 3 aromatic rings. The number of rotatable bonds is 0. The van der Waals surface area contributed by atoms with E-state index in [0.717, 1.165) is 34.2 Å². The number of hydrogen-bond acceptors (Lipinski definition) is 6. The average molecular weight is 324 g/mol. The summed E-state index contributed by atoms with van der Waals surface area (Å²) in [5.74, 6) is 0.829. The van der Waals surface area contributed by atoms with E-state index in [1.165, 1.54) is 0 Å². The standard InChI is InChI=1S/3C6H8N2/c2*1-5-3-8-6(2)4-7-5;1-5-3-7-6(2)8-4-5/h3*3-4H,1-2H3. The molecule has 6 heteroatoms. The first kappa shape index (κ1) is 19.3. The molecular formula is C18H24N6. The van der Waals surface area contributed by atoms with E-state index in [0.29, 0.717) is 0 Å². The monoisotopic (exact) mass is 324 g/mol. The van der Waals surface area contributed by atoms with E-state index < -0.39 is 0 Å². The van der Waals surface area contributed by atoms with Crippen LogP contribution >= 0.6 is 0 Å². The SMILES string of the molecule is Cc1cnc(C)cn1.Cc1cnc(C)cn1.Cc1cnc(C)nc1. The Bertz CT molecular complexity index is 540. The van der Waals surface area contributed by atoms with Crippen LogP contribution in [0, 0.1) is 41.5 Å². The molecule has 24 heavy (non-hydrogen) atoms. The van der Waals surface area contributed by atoms with Gasteiger partial charge in [0.1, 0.15) is 5.82 Å². The van der Waals surface area contributed by atoms with Crippen molar-refractivity contribution in [3.8, 4) is 0 Å². The quantitative estimate of drug-likeness (QED) is 0.631. The van der Waals surface area contributed by atoms with Gasteiger partial charge in [-0.25, -0.2) is 9.97 Å². The first-order valence-electron chi connectivity index (χ1n) is 7.62. The van der Waals surface area contributed by atoms with Crippen molar-refractivity contribution in [2.24, 2.45) is 0 Å². The van der Waals surface area contributed by atoms with Gasteiger partial charge in [0.05, 0.1) is 22.8 Å². The van der Waals surface area contributed by atoms with Crippen molar-refractivity contribution in [3.63, 3.8) is 0 Å². The van der Waals surface area contributed by atoms with Gasteiger partial charge in [-0.3, -0.25) is 19.9 Å². The molecule has 0 bridgehead atoms. The summed E-state index contributed by atoms with van der Waals surface area (Å²) in [5, 5.41) is 0. The van der Waals surface area contributed by atoms with Crippen LogP contribution < -0.4 is 0 Å². The zero-order valence-corrected chi connectivity index (χ0v) is 15.1. The van der Waals surface area contributed by atoms with Crippen molar-refractivity contribution >= 4 is 0 Å². The van der Waals surface area contributed by atoms with Crippen LogP contribution in [-0.2, 0) is 0 Å². The first-order chi connectivity index (χ1) is 11.4. The van der Waals surface area contributed by atoms with E-state index in [-0.39, 0.29) is 0 Å². The number of aryl methyl sites for hydroxylation is 6. The molecule has 0 radical (unpaired) electrons. The summed E-state index contributed by atoms with van der Waals surface area (Å²) < 4.78 is 0. The van der Waals surface area contributed by atoms with E-state index in [2.05, 4.69) is 29.9 Å². The third-order valence-electron chi connectivity index (χ3n) is 2.73. The van der Waals surface area contributed by atoms with Crippen LogP contribution in [0.3, 0.4) is 0 Å². The van der Waals surface area contributed by atoms with Gasteiger partial charge >= 0.3 is 0 Å². The summed E-state index contributed by atoms with van der Waals surface area (Å²) >= 11 is 0. The summed E-state index contributed by atoms with van der Waals surface area (Å²) in [6.07, 6.45) is 10.7. The Labute approximate surface area is 143 Å². The lowest BCUT2D eigenvalue weighted by molar-refractivity contribution is 1.03. The molecule has 0 N–H and O–H groups in total. The second-order valence-electron chi connectivity index (χ2n) is 5.41. The minimum Gasteiger partial charge on any atom is -0.258 e. The van der Waals surface area contributed by atoms with Crippen LogP contribution in [0.25, 0.3) is 0 Å². The highest BCUT2D eigenvalue weighted by Gasteiger charge is 1.84. The Balaban J connectivity index is 0.000000180. The molecule has 0 aliphatic carbocycles. The first-order valence-corrected chi connectivity index (χ1v) is 7.62. The van der Waals surface area contributed by atoms with Gasteiger partial charge < -0.3 is 0 Å². The lowest BCUT2D eigenvalue weighted by Gasteiger charge is -1.88. The molecule has 0 unspecified atom stereocenters. The molecule has 0 spiro atoms. The number of hydrogen-bond donors (Lipinski definition) is 0. The molecule has 0 atom stereocenters. The third-order valence-corrected chi connectivity index (χ3v) is 2.73. The van der Waals surface area contributed by atoms with Crippen LogP contribution in [-0.4, -0.2) is 29.9 Å². The normalized spacial score (nSPS) is 9.25. The van der Waals surface area contributed by atoms with Gasteiger partial charge in [-0.2, -0.15) is 0 Å². The van der Waals surface area contributed by atoms with Crippen LogP contribution in [0.5, 0.6) is 0 Å². The minimum absolute atomic E-state index is 0.829. The van der Waals surface area contributed by atoms with Crippen LogP contribution in [0.15, 0.2) is 37.2 Å². The molecule has 3 aromatic heterocycles. The molecule has 0 aromatic carbocycles.